The number of hydrogen-bond donors (Lipinski definition) is 0. The molecule has 1 aromatic carbocycles. The van der Waals surface area contributed by atoms with Crippen molar-refractivity contribution in [2.24, 2.45) is 0 Å². The number of carbonyl (C=O) groups is 1. The molecule has 4 nitrogen and oxygen atoms in total. The number of nitro groups is 1. The van der Waals surface area contributed by atoms with Crippen LogP contribution in [0.25, 0.3) is 0 Å². The van der Waals surface area contributed by atoms with Gasteiger partial charge in [-0.15, -0.1) is 0 Å². The lowest BCUT2D eigenvalue weighted by Crippen LogP contribution is -2.46. The second-order valence-corrected chi connectivity index (χ2v) is 4.81. The molecule has 0 amide bonds. The Balaban J connectivity index is 2.60. The first-order valence-electron chi connectivity index (χ1n) is 5.62. The van der Waals surface area contributed by atoms with Gasteiger partial charge in [0.25, 0.3) is 0 Å². The fraction of sp³-hybridized carbons (Fsp3) is 0.417. The molecule has 6 heteroatoms. The Morgan fingerprint density at radius 2 is 2.11 bits per heavy atom. The molecular weight excluding hydrogens is 261 g/mol. The van der Waals surface area contributed by atoms with E-state index in [2.05, 4.69) is 0 Å². The van der Waals surface area contributed by atoms with Crippen LogP contribution < -0.4 is 0 Å². The van der Waals surface area contributed by atoms with E-state index < -0.39 is 22.1 Å². The topological polar surface area (TPSA) is 60.2 Å². The van der Waals surface area contributed by atoms with Gasteiger partial charge in [0.15, 0.2) is 0 Å². The van der Waals surface area contributed by atoms with Gasteiger partial charge in [0, 0.05) is 22.8 Å². The molecule has 0 aromatic heterocycles. The van der Waals surface area contributed by atoms with Crippen LogP contribution in [0.2, 0.25) is 5.02 Å². The molecular formula is C12H11ClFNO3. The number of nitrogens with zero attached hydrogens (tertiary/aromatic N) is 1. The Morgan fingerprint density at radius 1 is 1.39 bits per heavy atom. The summed E-state index contributed by atoms with van der Waals surface area (Å²) >= 11 is 5.62. The van der Waals surface area contributed by atoms with Crippen LogP contribution in [0.15, 0.2) is 18.2 Å². The highest BCUT2D eigenvalue weighted by Crippen LogP contribution is 2.39. The van der Waals surface area contributed by atoms with Gasteiger partial charge < -0.3 is 0 Å². The van der Waals surface area contributed by atoms with Gasteiger partial charge in [-0.3, -0.25) is 14.9 Å². The normalized spacial score (nSPS) is 24.0. The third-order valence-corrected chi connectivity index (χ3v) is 3.58. The van der Waals surface area contributed by atoms with Gasteiger partial charge in [0.2, 0.25) is 5.78 Å². The molecule has 1 aliphatic rings. The molecule has 1 fully saturated rings. The Hall–Kier alpha value is -1.49. The number of Topliss-reactive ketones (excluding diaryl/α,β-unsaturated/α-hetero) is 1. The molecule has 1 aliphatic carbocycles. The van der Waals surface area contributed by atoms with E-state index in [1.54, 1.807) is 0 Å². The van der Waals surface area contributed by atoms with Crippen LogP contribution in [0.1, 0.15) is 31.2 Å². The maximum atomic E-state index is 13.9. The quantitative estimate of drug-likeness (QED) is 0.613. The summed E-state index contributed by atoms with van der Waals surface area (Å²) in [4.78, 5) is 22.6. The summed E-state index contributed by atoms with van der Waals surface area (Å²) in [7, 11) is 0. The highest BCUT2D eigenvalue weighted by molar-refractivity contribution is 6.30. The maximum Gasteiger partial charge on any atom is 0.306 e. The van der Waals surface area contributed by atoms with E-state index in [4.69, 9.17) is 11.6 Å². The molecule has 0 N–H and O–H groups in total. The van der Waals surface area contributed by atoms with Crippen molar-refractivity contribution in [2.45, 2.75) is 31.2 Å². The lowest BCUT2D eigenvalue weighted by Gasteiger charge is -2.28. The molecule has 0 radical (unpaired) electrons. The van der Waals surface area contributed by atoms with Crippen LogP contribution in [0.3, 0.4) is 0 Å². The van der Waals surface area contributed by atoms with Crippen LogP contribution in [-0.4, -0.2) is 10.7 Å². The van der Waals surface area contributed by atoms with Crippen LogP contribution >= 0.6 is 11.6 Å². The molecule has 1 unspecified atom stereocenters. The zero-order valence-corrected chi connectivity index (χ0v) is 10.2. The first-order chi connectivity index (χ1) is 8.48. The van der Waals surface area contributed by atoms with E-state index in [1.165, 1.54) is 12.1 Å². The van der Waals surface area contributed by atoms with Crippen molar-refractivity contribution in [3.63, 3.8) is 0 Å². The molecule has 0 bridgehead atoms. The molecule has 0 heterocycles. The van der Waals surface area contributed by atoms with Crippen LogP contribution in [0, 0.1) is 15.9 Å². The smallest absolute Gasteiger partial charge is 0.291 e. The lowest BCUT2D eigenvalue weighted by atomic mass is 9.76. The SMILES string of the molecule is O=C1CCCCC1(c1ccc(Cl)cc1F)[N+](=O)[O-]. The fourth-order valence-corrected chi connectivity index (χ4v) is 2.57. The van der Waals surface area contributed by atoms with Gasteiger partial charge in [-0.2, -0.15) is 0 Å². The monoisotopic (exact) mass is 271 g/mol. The first kappa shape index (κ1) is 13.0. The van der Waals surface area contributed by atoms with Gasteiger partial charge >= 0.3 is 5.54 Å². The average Bonchev–Trinajstić information content (AvgIpc) is 2.30. The summed E-state index contributed by atoms with van der Waals surface area (Å²) < 4.78 is 13.9. The summed E-state index contributed by atoms with van der Waals surface area (Å²) in [5.41, 5.74) is -2.12. The van der Waals surface area contributed by atoms with Gasteiger partial charge in [-0.25, -0.2) is 4.39 Å². The highest BCUT2D eigenvalue weighted by Gasteiger charge is 2.54. The summed E-state index contributed by atoms with van der Waals surface area (Å²) in [6.45, 7) is 0. The molecule has 1 saturated carbocycles. The van der Waals surface area contributed by atoms with E-state index in [-0.39, 0.29) is 23.4 Å². The number of carbonyl (C=O) groups excluding carboxylic acids is 1. The van der Waals surface area contributed by atoms with Gasteiger partial charge in [-0.05, 0) is 31.0 Å². The standard InChI is InChI=1S/C12H11ClFNO3/c13-8-4-5-9(10(14)7-8)12(15(17)18)6-2-1-3-11(12)16/h4-5,7H,1-3,6H2. The predicted octanol–water partition coefficient (Wildman–Crippen LogP) is 3.09. The van der Waals surface area contributed by atoms with Crippen LogP contribution in [0.4, 0.5) is 4.39 Å². The Morgan fingerprint density at radius 3 is 2.67 bits per heavy atom. The van der Waals surface area contributed by atoms with Crippen molar-refractivity contribution in [3.05, 3.63) is 44.7 Å². The van der Waals surface area contributed by atoms with E-state index in [9.17, 15) is 19.3 Å². The minimum Gasteiger partial charge on any atom is -0.291 e. The largest absolute Gasteiger partial charge is 0.306 e. The average molecular weight is 272 g/mol. The Labute approximate surface area is 108 Å². The number of benzene rings is 1. The van der Waals surface area contributed by atoms with E-state index in [0.717, 1.165) is 6.07 Å². The molecule has 96 valence electrons. The summed E-state index contributed by atoms with van der Waals surface area (Å²) in [5.74, 6) is -1.32. The number of ketones is 1. The second kappa shape index (κ2) is 4.65. The van der Waals surface area contributed by atoms with Crippen molar-refractivity contribution in [3.8, 4) is 0 Å². The van der Waals surface area contributed by atoms with E-state index >= 15 is 0 Å². The second-order valence-electron chi connectivity index (χ2n) is 4.37. The molecule has 0 spiro atoms. The zero-order valence-electron chi connectivity index (χ0n) is 9.49. The van der Waals surface area contributed by atoms with Crippen molar-refractivity contribution in [1.82, 2.24) is 0 Å². The van der Waals surface area contributed by atoms with Crippen molar-refractivity contribution >= 4 is 17.4 Å². The van der Waals surface area contributed by atoms with Gasteiger partial charge in [0.05, 0.1) is 5.56 Å². The summed E-state index contributed by atoms with van der Waals surface area (Å²) in [6, 6.07) is 3.61. The summed E-state index contributed by atoms with van der Waals surface area (Å²) in [5, 5.41) is 11.5. The predicted molar refractivity (Wildman–Crippen MR) is 63.6 cm³/mol. The minimum absolute atomic E-state index is 0.0391. The van der Waals surface area contributed by atoms with Crippen molar-refractivity contribution in [1.29, 1.82) is 0 Å². The number of rotatable bonds is 2. The molecule has 0 aliphatic heterocycles. The van der Waals surface area contributed by atoms with Gasteiger partial charge in [0.1, 0.15) is 5.82 Å². The fourth-order valence-electron chi connectivity index (χ4n) is 2.41. The number of halogens is 2. The van der Waals surface area contributed by atoms with E-state index in [0.29, 0.717) is 12.8 Å². The van der Waals surface area contributed by atoms with Crippen LogP contribution in [-0.2, 0) is 10.3 Å². The number of hydrogen-bond acceptors (Lipinski definition) is 3. The molecule has 1 atom stereocenters. The maximum absolute atomic E-state index is 13.9. The minimum atomic E-state index is -1.94. The molecule has 2 rings (SSSR count). The van der Waals surface area contributed by atoms with Gasteiger partial charge in [-0.1, -0.05) is 11.6 Å². The summed E-state index contributed by atoms with van der Waals surface area (Å²) in [6.07, 6.45) is 1.30. The zero-order chi connectivity index (χ0) is 13.3. The third-order valence-electron chi connectivity index (χ3n) is 3.34. The van der Waals surface area contributed by atoms with Crippen molar-refractivity contribution in [2.75, 3.05) is 0 Å². The Bertz CT molecular complexity index is 520. The highest BCUT2D eigenvalue weighted by atomic mass is 35.5. The Kier molecular flexibility index (Phi) is 3.34. The molecule has 0 saturated heterocycles. The third kappa shape index (κ3) is 1.88. The molecule has 18 heavy (non-hydrogen) atoms. The molecule has 1 aromatic rings. The van der Waals surface area contributed by atoms with Crippen molar-refractivity contribution < 1.29 is 14.1 Å². The van der Waals surface area contributed by atoms with E-state index in [1.807, 2.05) is 0 Å². The lowest BCUT2D eigenvalue weighted by molar-refractivity contribution is -0.563. The van der Waals surface area contributed by atoms with Crippen LogP contribution in [0.5, 0.6) is 0 Å². The first-order valence-corrected chi connectivity index (χ1v) is 5.99.